The Morgan fingerprint density at radius 3 is 2.72 bits per heavy atom. The predicted octanol–water partition coefficient (Wildman–Crippen LogP) is 4.41. The van der Waals surface area contributed by atoms with Crippen LogP contribution < -0.4 is 20.3 Å². The molecule has 3 heterocycles. The largest absolute Gasteiger partial charge is 0.497 e. The standard InChI is InChI=1S/C23H17ClFN3O4/c1-28-10-16(13-5-6-26-19(13)23(28)30)15-8-12(31-2)9-18-20(15)32-21(22(29)27-18)14-4-3-11(25)7-17(14)24/h3-10,21,26H,1-2H3,(H,27,29)/t21-/m1/s1. The zero-order valence-corrected chi connectivity index (χ0v) is 17.8. The number of ether oxygens (including phenoxy) is 2. The molecule has 1 aliphatic heterocycles. The van der Waals surface area contributed by atoms with E-state index in [4.69, 9.17) is 21.1 Å². The molecule has 0 aliphatic carbocycles. The van der Waals surface area contributed by atoms with Crippen molar-refractivity contribution >= 4 is 34.1 Å². The average molecular weight is 454 g/mol. The summed E-state index contributed by atoms with van der Waals surface area (Å²) in [5.74, 6) is -0.0753. The molecule has 0 fully saturated rings. The Labute approximate surface area is 186 Å². The maximum Gasteiger partial charge on any atom is 0.274 e. The second-order valence-electron chi connectivity index (χ2n) is 7.43. The third kappa shape index (κ3) is 3.11. The lowest BCUT2D eigenvalue weighted by Gasteiger charge is -2.29. The van der Waals surface area contributed by atoms with Gasteiger partial charge in [0.05, 0.1) is 17.8 Å². The molecular formula is C23H17ClFN3O4. The molecule has 0 unspecified atom stereocenters. The fourth-order valence-corrected chi connectivity index (χ4v) is 4.18. The summed E-state index contributed by atoms with van der Waals surface area (Å²) in [6.07, 6.45) is 2.30. The van der Waals surface area contributed by atoms with Crippen LogP contribution in [0.5, 0.6) is 11.5 Å². The smallest absolute Gasteiger partial charge is 0.274 e. The number of benzene rings is 2. The van der Waals surface area contributed by atoms with Gasteiger partial charge in [0.2, 0.25) is 6.10 Å². The van der Waals surface area contributed by atoms with E-state index in [0.717, 1.165) is 6.07 Å². The monoisotopic (exact) mass is 453 g/mol. The molecule has 9 heteroatoms. The minimum Gasteiger partial charge on any atom is -0.497 e. The molecule has 2 N–H and O–H groups in total. The van der Waals surface area contributed by atoms with Gasteiger partial charge in [-0.05, 0) is 24.3 Å². The average Bonchev–Trinajstić information content (AvgIpc) is 3.26. The molecule has 5 rings (SSSR count). The van der Waals surface area contributed by atoms with Crippen LogP contribution in [-0.4, -0.2) is 22.6 Å². The van der Waals surface area contributed by atoms with Crippen LogP contribution in [0.2, 0.25) is 5.02 Å². The number of anilines is 1. The Morgan fingerprint density at radius 1 is 1.16 bits per heavy atom. The molecule has 1 atom stereocenters. The van der Waals surface area contributed by atoms with Gasteiger partial charge in [0.15, 0.2) is 5.75 Å². The highest BCUT2D eigenvalue weighted by Gasteiger charge is 2.33. The molecule has 0 saturated carbocycles. The zero-order valence-electron chi connectivity index (χ0n) is 17.0. The van der Waals surface area contributed by atoms with E-state index in [9.17, 15) is 14.0 Å². The Balaban J connectivity index is 1.73. The highest BCUT2D eigenvalue weighted by molar-refractivity contribution is 6.31. The number of methoxy groups -OCH3 is 1. The molecule has 0 spiro atoms. The number of pyridine rings is 1. The quantitative estimate of drug-likeness (QED) is 0.481. The van der Waals surface area contributed by atoms with Crippen molar-refractivity contribution in [3.63, 3.8) is 0 Å². The van der Waals surface area contributed by atoms with Gasteiger partial charge in [0.1, 0.15) is 17.1 Å². The number of fused-ring (bicyclic) bond motifs is 2. The first kappa shape index (κ1) is 20.1. The number of halogens is 2. The van der Waals surface area contributed by atoms with Crippen molar-refractivity contribution < 1.29 is 18.7 Å². The second kappa shape index (κ2) is 7.42. The Kier molecular flexibility index (Phi) is 4.67. The van der Waals surface area contributed by atoms with E-state index in [1.807, 2.05) is 0 Å². The van der Waals surface area contributed by atoms with Gasteiger partial charge in [-0.2, -0.15) is 0 Å². The number of aromatic amines is 1. The van der Waals surface area contributed by atoms with Gasteiger partial charge in [0, 0.05) is 47.6 Å². The molecule has 32 heavy (non-hydrogen) atoms. The first-order chi connectivity index (χ1) is 15.4. The van der Waals surface area contributed by atoms with Crippen LogP contribution in [0, 0.1) is 5.82 Å². The van der Waals surface area contributed by atoms with Crippen molar-refractivity contribution in [1.82, 2.24) is 9.55 Å². The Morgan fingerprint density at radius 2 is 1.97 bits per heavy atom. The van der Waals surface area contributed by atoms with Crippen LogP contribution >= 0.6 is 11.6 Å². The number of aromatic nitrogens is 2. The first-order valence-corrected chi connectivity index (χ1v) is 10.1. The topological polar surface area (TPSA) is 85.3 Å². The fraction of sp³-hybridized carbons (Fsp3) is 0.130. The van der Waals surface area contributed by atoms with Gasteiger partial charge in [-0.15, -0.1) is 0 Å². The van der Waals surface area contributed by atoms with Crippen LogP contribution in [0.3, 0.4) is 0 Å². The van der Waals surface area contributed by atoms with E-state index < -0.39 is 17.8 Å². The van der Waals surface area contributed by atoms with Crippen LogP contribution in [0.1, 0.15) is 11.7 Å². The maximum absolute atomic E-state index is 13.5. The summed E-state index contributed by atoms with van der Waals surface area (Å²) in [5.41, 5.74) is 2.35. The van der Waals surface area contributed by atoms with Gasteiger partial charge < -0.3 is 24.3 Å². The third-order valence-corrected chi connectivity index (χ3v) is 5.79. The van der Waals surface area contributed by atoms with E-state index in [1.165, 1.54) is 23.8 Å². The van der Waals surface area contributed by atoms with Crippen molar-refractivity contribution in [2.45, 2.75) is 6.10 Å². The number of carbonyl (C=O) groups excluding carboxylic acids is 1. The lowest BCUT2D eigenvalue weighted by atomic mass is 9.99. The number of nitrogens with zero attached hydrogens (tertiary/aromatic N) is 1. The lowest BCUT2D eigenvalue weighted by Crippen LogP contribution is -2.30. The highest BCUT2D eigenvalue weighted by atomic mass is 35.5. The van der Waals surface area contributed by atoms with Crippen LogP contribution in [0.4, 0.5) is 10.1 Å². The predicted molar refractivity (Wildman–Crippen MR) is 119 cm³/mol. The number of carbonyl (C=O) groups is 1. The van der Waals surface area contributed by atoms with Crippen molar-refractivity contribution in [3.05, 3.63) is 75.5 Å². The summed E-state index contributed by atoms with van der Waals surface area (Å²) in [7, 11) is 3.17. The number of aryl methyl sites for hydroxylation is 1. The highest BCUT2D eigenvalue weighted by Crippen LogP contribution is 2.47. The van der Waals surface area contributed by atoms with E-state index >= 15 is 0 Å². The second-order valence-corrected chi connectivity index (χ2v) is 7.84. The van der Waals surface area contributed by atoms with Crippen LogP contribution in [0.15, 0.2) is 53.6 Å². The minimum absolute atomic E-state index is 0.0822. The number of hydrogen-bond acceptors (Lipinski definition) is 4. The van der Waals surface area contributed by atoms with Crippen LogP contribution in [0.25, 0.3) is 22.0 Å². The number of amides is 1. The van der Waals surface area contributed by atoms with Gasteiger partial charge in [-0.3, -0.25) is 9.59 Å². The summed E-state index contributed by atoms with van der Waals surface area (Å²) in [6.45, 7) is 0. The van der Waals surface area contributed by atoms with Gasteiger partial charge in [-0.1, -0.05) is 17.7 Å². The fourth-order valence-electron chi connectivity index (χ4n) is 3.91. The number of hydrogen-bond donors (Lipinski definition) is 2. The summed E-state index contributed by atoms with van der Waals surface area (Å²) in [4.78, 5) is 28.3. The molecule has 162 valence electrons. The molecular weight excluding hydrogens is 437 g/mol. The van der Waals surface area contributed by atoms with Crippen molar-refractivity contribution in [1.29, 1.82) is 0 Å². The van der Waals surface area contributed by atoms with E-state index in [-0.39, 0.29) is 10.6 Å². The molecule has 4 aromatic rings. The molecule has 2 aromatic carbocycles. The third-order valence-electron chi connectivity index (χ3n) is 5.46. The normalized spacial score (nSPS) is 15.2. The number of rotatable bonds is 3. The molecule has 2 aromatic heterocycles. The molecule has 7 nitrogen and oxygen atoms in total. The number of H-pyrrole nitrogens is 1. The van der Waals surface area contributed by atoms with Crippen molar-refractivity contribution in [2.75, 3.05) is 12.4 Å². The molecule has 0 saturated heterocycles. The summed E-state index contributed by atoms with van der Waals surface area (Å²) >= 11 is 6.20. The Bertz CT molecular complexity index is 1460. The Hall–Kier alpha value is -3.78. The van der Waals surface area contributed by atoms with Gasteiger partial charge in [-0.25, -0.2) is 4.39 Å². The van der Waals surface area contributed by atoms with Gasteiger partial charge >= 0.3 is 0 Å². The summed E-state index contributed by atoms with van der Waals surface area (Å²) in [5, 5.41) is 3.61. The molecule has 1 aliphatic rings. The summed E-state index contributed by atoms with van der Waals surface area (Å²) in [6, 6.07) is 8.99. The van der Waals surface area contributed by atoms with Crippen molar-refractivity contribution in [3.8, 4) is 22.6 Å². The lowest BCUT2D eigenvalue weighted by molar-refractivity contribution is -0.123. The minimum atomic E-state index is -1.09. The van der Waals surface area contributed by atoms with Crippen molar-refractivity contribution in [2.24, 2.45) is 7.05 Å². The number of nitrogens with one attached hydrogen (secondary N) is 2. The maximum atomic E-state index is 13.5. The zero-order chi connectivity index (χ0) is 22.6. The SMILES string of the molecule is COc1cc2c(c(-c3cn(C)c(=O)c4[nH]ccc34)c1)O[C@H](c1ccc(F)cc1Cl)C(=O)N2. The summed E-state index contributed by atoms with van der Waals surface area (Å²) < 4.78 is 26.6. The van der Waals surface area contributed by atoms with Gasteiger partial charge in [0.25, 0.3) is 11.5 Å². The molecule has 0 bridgehead atoms. The van der Waals surface area contributed by atoms with E-state index in [1.54, 1.807) is 37.6 Å². The van der Waals surface area contributed by atoms with E-state index in [2.05, 4.69) is 10.3 Å². The van der Waals surface area contributed by atoms with Crippen LogP contribution in [-0.2, 0) is 11.8 Å². The molecule has 0 radical (unpaired) electrons. The first-order valence-electron chi connectivity index (χ1n) is 9.69. The van der Waals surface area contributed by atoms with E-state index in [0.29, 0.717) is 44.8 Å². The molecule has 1 amide bonds.